The largest absolute Gasteiger partial charge is 0.298 e. The van der Waals surface area contributed by atoms with E-state index in [1.807, 2.05) is 0 Å². The van der Waals surface area contributed by atoms with Gasteiger partial charge >= 0.3 is 0 Å². The third-order valence-corrected chi connectivity index (χ3v) is 5.31. The minimum atomic E-state index is 0.771. The molecule has 2 aliphatic rings. The Morgan fingerprint density at radius 1 is 1.17 bits per heavy atom. The second-order valence-corrected chi connectivity index (χ2v) is 6.65. The van der Waals surface area contributed by atoms with Gasteiger partial charge in [0.1, 0.15) is 0 Å². The number of piperazine rings is 1. The molecule has 4 atom stereocenters. The lowest BCUT2D eigenvalue weighted by atomic mass is 9.95. The first-order chi connectivity index (χ1) is 8.65. The van der Waals surface area contributed by atoms with Crippen LogP contribution < -0.4 is 0 Å². The van der Waals surface area contributed by atoms with E-state index in [1.54, 1.807) is 0 Å². The lowest BCUT2D eigenvalue weighted by Crippen LogP contribution is -2.58. The predicted octanol–water partition coefficient (Wildman–Crippen LogP) is 3.37. The monoisotopic (exact) mass is 252 g/mol. The van der Waals surface area contributed by atoms with Gasteiger partial charge in [-0.05, 0) is 45.1 Å². The molecule has 0 aromatic rings. The predicted molar refractivity (Wildman–Crippen MR) is 78.9 cm³/mol. The fourth-order valence-corrected chi connectivity index (χ4v) is 3.90. The number of hydrogen-bond acceptors (Lipinski definition) is 2. The van der Waals surface area contributed by atoms with Crippen LogP contribution in [-0.4, -0.2) is 47.6 Å². The van der Waals surface area contributed by atoms with Crippen LogP contribution in [0, 0.1) is 5.92 Å². The van der Waals surface area contributed by atoms with Crippen molar-refractivity contribution in [3.63, 3.8) is 0 Å². The van der Waals surface area contributed by atoms with E-state index in [0.717, 1.165) is 24.0 Å². The summed E-state index contributed by atoms with van der Waals surface area (Å²) in [6.07, 6.45) is 6.87. The van der Waals surface area contributed by atoms with Gasteiger partial charge in [0.15, 0.2) is 0 Å². The van der Waals surface area contributed by atoms with Crippen molar-refractivity contribution in [3.05, 3.63) is 0 Å². The third-order valence-electron chi connectivity index (χ3n) is 5.31. The summed E-state index contributed by atoms with van der Waals surface area (Å²) in [6, 6.07) is 2.44. The summed E-state index contributed by atoms with van der Waals surface area (Å²) in [5.74, 6) is 0.874. The maximum atomic E-state index is 2.83. The van der Waals surface area contributed by atoms with Gasteiger partial charge in [-0.2, -0.15) is 0 Å². The van der Waals surface area contributed by atoms with Crippen LogP contribution in [0.25, 0.3) is 0 Å². The second-order valence-electron chi connectivity index (χ2n) is 6.65. The Hall–Kier alpha value is -0.0800. The van der Waals surface area contributed by atoms with E-state index in [2.05, 4.69) is 37.5 Å². The molecule has 2 heterocycles. The molecule has 0 aromatic heterocycles. The quantitative estimate of drug-likeness (QED) is 0.740. The maximum absolute atomic E-state index is 2.83. The number of fused-ring (bicyclic) bond motifs is 1. The highest BCUT2D eigenvalue weighted by atomic mass is 15.3. The Morgan fingerprint density at radius 3 is 2.61 bits per heavy atom. The van der Waals surface area contributed by atoms with Crippen LogP contribution in [0.1, 0.15) is 59.8 Å². The van der Waals surface area contributed by atoms with Gasteiger partial charge in [-0.25, -0.2) is 0 Å². The molecule has 0 aromatic carbocycles. The van der Waals surface area contributed by atoms with Crippen LogP contribution in [0.15, 0.2) is 0 Å². The summed E-state index contributed by atoms with van der Waals surface area (Å²) >= 11 is 0. The molecule has 0 spiro atoms. The second kappa shape index (κ2) is 6.38. The topological polar surface area (TPSA) is 6.48 Å². The zero-order chi connectivity index (χ0) is 13.1. The highest BCUT2D eigenvalue weighted by Gasteiger charge is 2.37. The molecule has 2 rings (SSSR count). The normalized spacial score (nSPS) is 33.3. The van der Waals surface area contributed by atoms with Crippen molar-refractivity contribution in [2.45, 2.75) is 77.9 Å². The van der Waals surface area contributed by atoms with Crippen LogP contribution in [0.2, 0.25) is 0 Å². The van der Waals surface area contributed by atoms with Crippen LogP contribution in [-0.2, 0) is 0 Å². The van der Waals surface area contributed by atoms with Crippen LogP contribution in [0.3, 0.4) is 0 Å². The molecular weight excluding hydrogens is 220 g/mol. The fraction of sp³-hybridized carbons (Fsp3) is 1.00. The van der Waals surface area contributed by atoms with Gasteiger partial charge in [0.2, 0.25) is 0 Å². The Bertz CT molecular complexity index is 253. The highest BCUT2D eigenvalue weighted by molar-refractivity contribution is 4.93. The molecule has 0 aliphatic carbocycles. The van der Waals surface area contributed by atoms with E-state index < -0.39 is 0 Å². The van der Waals surface area contributed by atoms with E-state index in [9.17, 15) is 0 Å². The molecular formula is C16H32N2. The summed E-state index contributed by atoms with van der Waals surface area (Å²) in [5, 5.41) is 0. The van der Waals surface area contributed by atoms with Crippen molar-refractivity contribution >= 4 is 0 Å². The van der Waals surface area contributed by atoms with Gasteiger partial charge in [0.05, 0.1) is 0 Å². The van der Waals surface area contributed by atoms with Crippen LogP contribution in [0.4, 0.5) is 0 Å². The Balaban J connectivity index is 1.96. The first-order valence-corrected chi connectivity index (χ1v) is 8.15. The molecule has 0 bridgehead atoms. The molecule has 0 radical (unpaired) electrons. The summed E-state index contributed by atoms with van der Waals surface area (Å²) in [4.78, 5) is 5.58. The van der Waals surface area contributed by atoms with Crippen molar-refractivity contribution < 1.29 is 0 Å². The fourth-order valence-electron chi connectivity index (χ4n) is 3.90. The molecule has 2 aliphatic heterocycles. The van der Waals surface area contributed by atoms with Crippen molar-refractivity contribution in [3.8, 4) is 0 Å². The van der Waals surface area contributed by atoms with Crippen molar-refractivity contribution in [2.24, 2.45) is 5.92 Å². The molecule has 2 fully saturated rings. The average molecular weight is 252 g/mol. The minimum absolute atomic E-state index is 0.771. The number of hydrogen-bond donors (Lipinski definition) is 0. The average Bonchev–Trinajstić information content (AvgIpc) is 2.83. The van der Waals surface area contributed by atoms with Gasteiger partial charge < -0.3 is 0 Å². The van der Waals surface area contributed by atoms with Gasteiger partial charge in [0.25, 0.3) is 0 Å². The Kier molecular flexibility index (Phi) is 5.08. The van der Waals surface area contributed by atoms with Gasteiger partial charge in [-0.1, -0.05) is 27.2 Å². The van der Waals surface area contributed by atoms with E-state index in [-0.39, 0.29) is 0 Å². The molecule has 2 heteroatoms. The molecule has 4 unspecified atom stereocenters. The summed E-state index contributed by atoms with van der Waals surface area (Å²) < 4.78 is 0. The summed E-state index contributed by atoms with van der Waals surface area (Å²) in [6.45, 7) is 13.6. The molecule has 0 amide bonds. The number of rotatable bonds is 5. The summed E-state index contributed by atoms with van der Waals surface area (Å²) in [5.41, 5.74) is 0. The Morgan fingerprint density at radius 2 is 1.94 bits per heavy atom. The van der Waals surface area contributed by atoms with Crippen LogP contribution in [0.5, 0.6) is 0 Å². The molecule has 2 nitrogen and oxygen atoms in total. The van der Waals surface area contributed by atoms with Gasteiger partial charge in [-0.15, -0.1) is 0 Å². The molecule has 0 saturated carbocycles. The van der Waals surface area contributed by atoms with Crippen molar-refractivity contribution in [2.75, 3.05) is 19.6 Å². The lowest BCUT2D eigenvalue weighted by molar-refractivity contribution is 0.0169. The minimum Gasteiger partial charge on any atom is -0.298 e. The molecule has 2 saturated heterocycles. The first kappa shape index (κ1) is 14.3. The van der Waals surface area contributed by atoms with E-state index in [0.29, 0.717) is 0 Å². The van der Waals surface area contributed by atoms with Crippen molar-refractivity contribution in [1.29, 1.82) is 0 Å². The Labute approximate surface area is 114 Å². The van der Waals surface area contributed by atoms with E-state index in [1.165, 1.54) is 51.7 Å². The smallest absolute Gasteiger partial charge is 0.0224 e. The standard InChI is InChI=1S/C16H32N2/c1-5-13(3)10-14(4)18-12-16-8-7-9-17(16)11-15(18)6-2/h13-16H,5-12H2,1-4H3. The third kappa shape index (κ3) is 3.08. The summed E-state index contributed by atoms with van der Waals surface area (Å²) in [7, 11) is 0. The van der Waals surface area contributed by atoms with E-state index >= 15 is 0 Å². The highest BCUT2D eigenvalue weighted by Crippen LogP contribution is 2.28. The van der Waals surface area contributed by atoms with Gasteiger partial charge in [-0.3, -0.25) is 9.80 Å². The lowest BCUT2D eigenvalue weighted by Gasteiger charge is -2.46. The van der Waals surface area contributed by atoms with Crippen LogP contribution >= 0.6 is 0 Å². The van der Waals surface area contributed by atoms with Crippen molar-refractivity contribution in [1.82, 2.24) is 9.80 Å². The molecule has 18 heavy (non-hydrogen) atoms. The van der Waals surface area contributed by atoms with Gasteiger partial charge in [0, 0.05) is 31.2 Å². The maximum Gasteiger partial charge on any atom is 0.0224 e. The number of nitrogens with zero attached hydrogens (tertiary/aromatic N) is 2. The van der Waals surface area contributed by atoms with E-state index in [4.69, 9.17) is 0 Å². The SMILES string of the molecule is CCC(C)CC(C)N1CC2CCCN2CC1CC. The molecule has 0 N–H and O–H groups in total. The molecule has 106 valence electrons. The zero-order valence-corrected chi connectivity index (χ0v) is 12.9. The first-order valence-electron chi connectivity index (χ1n) is 8.15. The zero-order valence-electron chi connectivity index (χ0n) is 12.9.